The number of rotatable bonds is 5. The van der Waals surface area contributed by atoms with E-state index in [0.717, 1.165) is 25.7 Å². The summed E-state index contributed by atoms with van der Waals surface area (Å²) < 4.78 is 0. The molecule has 0 spiro atoms. The molecule has 0 radical (unpaired) electrons. The van der Waals surface area contributed by atoms with E-state index in [4.69, 9.17) is 5.84 Å². The van der Waals surface area contributed by atoms with Crippen LogP contribution in [0.5, 0.6) is 0 Å². The maximum atomic E-state index is 5.84. The first-order valence-corrected chi connectivity index (χ1v) is 7.91. The number of nitrogens with two attached hydrogens (primary N) is 1. The van der Waals surface area contributed by atoms with Crippen molar-refractivity contribution in [3.63, 3.8) is 0 Å². The summed E-state index contributed by atoms with van der Waals surface area (Å²) in [4.78, 5) is 0. The molecule has 0 heterocycles. The van der Waals surface area contributed by atoms with Gasteiger partial charge in [0.2, 0.25) is 0 Å². The molecular formula is C19H24N2. The summed E-state index contributed by atoms with van der Waals surface area (Å²) in [5, 5.41) is 0. The molecule has 1 unspecified atom stereocenters. The van der Waals surface area contributed by atoms with Gasteiger partial charge < -0.3 is 0 Å². The molecule has 0 aliphatic heterocycles. The number of fused-ring (bicyclic) bond motifs is 1. The minimum Gasteiger partial charge on any atom is -0.271 e. The van der Waals surface area contributed by atoms with Crippen molar-refractivity contribution in [1.82, 2.24) is 5.43 Å². The van der Waals surface area contributed by atoms with Crippen LogP contribution in [0.1, 0.15) is 29.2 Å². The van der Waals surface area contributed by atoms with Gasteiger partial charge in [0.05, 0.1) is 0 Å². The summed E-state index contributed by atoms with van der Waals surface area (Å²) in [5.41, 5.74) is 8.80. The number of benzene rings is 2. The first-order chi connectivity index (χ1) is 10.3. The van der Waals surface area contributed by atoms with Crippen LogP contribution in [-0.4, -0.2) is 6.04 Å². The number of hydrogen-bond donors (Lipinski definition) is 2. The molecule has 0 amide bonds. The second-order valence-electron chi connectivity index (χ2n) is 6.08. The van der Waals surface area contributed by atoms with Gasteiger partial charge in [-0.05, 0) is 53.9 Å². The average molecular weight is 280 g/mol. The lowest BCUT2D eigenvalue weighted by Crippen LogP contribution is -2.42. The van der Waals surface area contributed by atoms with E-state index in [2.05, 4.69) is 60.9 Å². The van der Waals surface area contributed by atoms with Gasteiger partial charge in [0.25, 0.3) is 0 Å². The zero-order valence-corrected chi connectivity index (χ0v) is 12.7. The van der Waals surface area contributed by atoms with E-state index in [-0.39, 0.29) is 0 Å². The third-order valence-corrected chi connectivity index (χ3v) is 4.75. The second kappa shape index (κ2) is 6.42. The van der Waals surface area contributed by atoms with E-state index in [1.807, 2.05) is 0 Å². The largest absolute Gasteiger partial charge is 0.271 e. The van der Waals surface area contributed by atoms with Gasteiger partial charge in [-0.25, -0.2) is 0 Å². The lowest BCUT2D eigenvalue weighted by Gasteiger charge is -2.22. The van der Waals surface area contributed by atoms with E-state index < -0.39 is 0 Å². The fraction of sp³-hybridized carbons (Fsp3) is 0.368. The van der Waals surface area contributed by atoms with Gasteiger partial charge in [0.1, 0.15) is 0 Å². The fourth-order valence-electron chi connectivity index (χ4n) is 3.40. The minimum absolute atomic E-state index is 0.338. The quantitative estimate of drug-likeness (QED) is 0.652. The highest BCUT2D eigenvalue weighted by Crippen LogP contribution is 2.29. The molecule has 1 atom stereocenters. The Bertz CT molecular complexity index is 564. The van der Waals surface area contributed by atoms with Crippen molar-refractivity contribution in [2.45, 2.75) is 38.6 Å². The molecule has 2 aromatic rings. The number of hydrazine groups is 1. The van der Waals surface area contributed by atoms with Crippen LogP contribution < -0.4 is 11.3 Å². The molecule has 2 aromatic carbocycles. The highest BCUT2D eigenvalue weighted by Gasteiger charge is 2.27. The predicted octanol–water partition coefficient (Wildman–Crippen LogP) is 3.04. The van der Waals surface area contributed by atoms with E-state index in [0.29, 0.717) is 12.0 Å². The Balaban J connectivity index is 1.68. The van der Waals surface area contributed by atoms with Gasteiger partial charge in [-0.15, -0.1) is 0 Å². The summed E-state index contributed by atoms with van der Waals surface area (Å²) >= 11 is 0. The van der Waals surface area contributed by atoms with Gasteiger partial charge in [-0.3, -0.25) is 11.3 Å². The van der Waals surface area contributed by atoms with Crippen LogP contribution in [0.4, 0.5) is 0 Å². The molecule has 21 heavy (non-hydrogen) atoms. The first-order valence-electron chi connectivity index (χ1n) is 7.91. The topological polar surface area (TPSA) is 38.0 Å². The summed E-state index contributed by atoms with van der Waals surface area (Å²) in [7, 11) is 0. The van der Waals surface area contributed by atoms with E-state index in [1.54, 1.807) is 0 Å². The van der Waals surface area contributed by atoms with Gasteiger partial charge in [0, 0.05) is 6.04 Å². The number of hydrogen-bond acceptors (Lipinski definition) is 2. The Kier molecular flexibility index (Phi) is 4.37. The molecule has 0 fully saturated rings. The predicted molar refractivity (Wildman–Crippen MR) is 88.0 cm³/mol. The monoisotopic (exact) mass is 280 g/mol. The van der Waals surface area contributed by atoms with Crippen LogP contribution in [0, 0.1) is 5.92 Å². The molecule has 0 saturated heterocycles. The highest BCUT2D eigenvalue weighted by molar-refractivity contribution is 5.33. The highest BCUT2D eigenvalue weighted by atomic mass is 15.2. The van der Waals surface area contributed by atoms with Crippen molar-refractivity contribution in [1.29, 1.82) is 0 Å². The molecule has 3 rings (SSSR count). The molecule has 2 heteroatoms. The van der Waals surface area contributed by atoms with Crippen molar-refractivity contribution in [2.75, 3.05) is 0 Å². The van der Waals surface area contributed by atoms with Crippen molar-refractivity contribution in [2.24, 2.45) is 11.8 Å². The van der Waals surface area contributed by atoms with Crippen molar-refractivity contribution in [3.05, 3.63) is 70.8 Å². The van der Waals surface area contributed by atoms with Crippen LogP contribution in [0.15, 0.2) is 48.5 Å². The molecule has 0 bridgehead atoms. The smallest absolute Gasteiger partial charge is 0.0285 e. The maximum Gasteiger partial charge on any atom is 0.0285 e. The van der Waals surface area contributed by atoms with Crippen LogP contribution in [-0.2, 0) is 25.7 Å². The van der Waals surface area contributed by atoms with Gasteiger partial charge >= 0.3 is 0 Å². The van der Waals surface area contributed by atoms with Gasteiger partial charge in [0.15, 0.2) is 0 Å². The summed E-state index contributed by atoms with van der Waals surface area (Å²) in [6.45, 7) is 2.19. The summed E-state index contributed by atoms with van der Waals surface area (Å²) in [5.74, 6) is 6.44. The number of aryl methyl sites for hydroxylation is 1. The molecule has 0 aromatic heterocycles. The van der Waals surface area contributed by atoms with E-state index in [9.17, 15) is 0 Å². The Morgan fingerprint density at radius 1 is 1.00 bits per heavy atom. The zero-order chi connectivity index (χ0) is 14.7. The molecular weight excluding hydrogens is 256 g/mol. The Labute approximate surface area is 127 Å². The third-order valence-electron chi connectivity index (χ3n) is 4.75. The molecule has 1 aliphatic rings. The van der Waals surface area contributed by atoms with Crippen LogP contribution in [0.25, 0.3) is 0 Å². The maximum absolute atomic E-state index is 5.84. The lowest BCUT2D eigenvalue weighted by atomic mass is 9.91. The van der Waals surface area contributed by atoms with Crippen molar-refractivity contribution in [3.8, 4) is 0 Å². The van der Waals surface area contributed by atoms with E-state index >= 15 is 0 Å². The molecule has 0 saturated carbocycles. The molecule has 1 aliphatic carbocycles. The molecule has 2 nitrogen and oxygen atoms in total. The standard InChI is InChI=1S/C19H24N2/c1-2-14-7-9-15(10-8-14)11-19(21-20)18-12-16-5-3-4-6-17(16)13-18/h3-10,18-19,21H,2,11-13,20H2,1H3. The summed E-state index contributed by atoms with van der Waals surface area (Å²) in [6.07, 6.45) is 4.37. The zero-order valence-electron chi connectivity index (χ0n) is 12.7. The van der Waals surface area contributed by atoms with Gasteiger partial charge in [-0.1, -0.05) is 55.5 Å². The van der Waals surface area contributed by atoms with Crippen LogP contribution in [0.2, 0.25) is 0 Å². The Hall–Kier alpha value is -1.64. The minimum atomic E-state index is 0.338. The first kappa shape index (κ1) is 14.3. The Morgan fingerprint density at radius 3 is 2.10 bits per heavy atom. The van der Waals surface area contributed by atoms with Gasteiger partial charge in [-0.2, -0.15) is 0 Å². The third kappa shape index (κ3) is 3.17. The lowest BCUT2D eigenvalue weighted by molar-refractivity contribution is 0.367. The van der Waals surface area contributed by atoms with E-state index in [1.165, 1.54) is 22.3 Å². The molecule has 110 valence electrons. The second-order valence-corrected chi connectivity index (χ2v) is 6.08. The summed E-state index contributed by atoms with van der Waals surface area (Å²) in [6, 6.07) is 18.0. The SMILES string of the molecule is CCc1ccc(CC(NN)C2Cc3ccccc3C2)cc1. The van der Waals surface area contributed by atoms with Crippen molar-refractivity contribution >= 4 is 0 Å². The normalized spacial score (nSPS) is 15.9. The average Bonchev–Trinajstić information content (AvgIpc) is 2.97. The number of nitrogens with one attached hydrogen (secondary N) is 1. The van der Waals surface area contributed by atoms with Crippen LogP contribution in [0.3, 0.4) is 0 Å². The fourth-order valence-corrected chi connectivity index (χ4v) is 3.40. The van der Waals surface area contributed by atoms with Crippen LogP contribution >= 0.6 is 0 Å². The van der Waals surface area contributed by atoms with Crippen molar-refractivity contribution < 1.29 is 0 Å². The Morgan fingerprint density at radius 2 is 1.57 bits per heavy atom. The molecule has 3 N–H and O–H groups in total.